The number of anilines is 1. The molecule has 1 fully saturated rings. The average molecular weight is 699 g/mol. The maximum Gasteiger partial charge on any atom is 0.410 e. The third kappa shape index (κ3) is 7.94. The van der Waals surface area contributed by atoms with Gasteiger partial charge in [-0.1, -0.05) is 42.6 Å². The van der Waals surface area contributed by atoms with Gasteiger partial charge in [-0.05, 0) is 55.0 Å². The SMILES string of the molecule is CCCCOC(=O)N1CCc2ccc(Cl)cc2C1c1cc(C(=O)c2cncnc2N[C@@H]2C[C@H](COS(N)(=O)=O)[C@@H](O)C2)sc1Cl. The lowest BCUT2D eigenvalue weighted by Gasteiger charge is -2.36. The monoisotopic (exact) mass is 697 g/mol. The van der Waals surface area contributed by atoms with E-state index in [1.54, 1.807) is 17.0 Å². The third-order valence-corrected chi connectivity index (χ3v) is 10.0. The highest BCUT2D eigenvalue weighted by Crippen LogP contribution is 2.43. The molecule has 3 aromatic rings. The number of ether oxygens (including phenoxy) is 1. The number of aliphatic hydroxyl groups excluding tert-OH is 1. The molecule has 0 bridgehead atoms. The number of ketones is 1. The lowest BCUT2D eigenvalue weighted by atomic mass is 9.89. The second-order valence-corrected chi connectivity index (χ2v) is 14.3. The van der Waals surface area contributed by atoms with Gasteiger partial charge in [-0.15, -0.1) is 11.3 Å². The molecule has 242 valence electrons. The lowest BCUT2D eigenvalue weighted by molar-refractivity contribution is 0.0883. The molecule has 3 heterocycles. The average Bonchev–Trinajstić information content (AvgIpc) is 3.56. The van der Waals surface area contributed by atoms with Crippen LogP contribution in [0, 0.1) is 5.92 Å². The molecular formula is C29H33Cl2N5O7S2. The van der Waals surface area contributed by atoms with Crippen LogP contribution >= 0.6 is 34.5 Å². The highest BCUT2D eigenvalue weighted by molar-refractivity contribution is 7.84. The number of benzene rings is 1. The van der Waals surface area contributed by atoms with E-state index in [4.69, 9.17) is 33.1 Å². The van der Waals surface area contributed by atoms with Crippen molar-refractivity contribution in [1.82, 2.24) is 14.9 Å². The standard InChI is InChI=1S/C29H33Cl2N5O7S2/c1-2-3-8-42-29(39)36-7-6-16-4-5-18(30)10-20(16)25(36)21-12-24(44-27(21)31)26(38)22-13-33-15-34-28(22)35-19-9-17(23(37)11-19)14-43-45(32,40)41/h4-5,10,12-13,15,17,19,23,25,37H,2-3,6-9,11,14H2,1H3,(H2,32,40,41)(H,33,34,35)/t17-,19-,23+,25?/m1/s1. The molecule has 0 saturated heterocycles. The van der Waals surface area contributed by atoms with E-state index in [0.717, 1.165) is 35.3 Å². The summed E-state index contributed by atoms with van der Waals surface area (Å²) in [7, 11) is -4.14. The number of hydrogen-bond donors (Lipinski definition) is 3. The van der Waals surface area contributed by atoms with Crippen molar-refractivity contribution in [2.24, 2.45) is 11.1 Å². The number of aliphatic hydroxyl groups is 1. The summed E-state index contributed by atoms with van der Waals surface area (Å²) in [5.74, 6) is -0.616. The molecule has 12 nitrogen and oxygen atoms in total. The molecule has 0 spiro atoms. The van der Waals surface area contributed by atoms with Crippen LogP contribution in [0.4, 0.5) is 10.6 Å². The van der Waals surface area contributed by atoms with Crippen molar-refractivity contribution in [3.8, 4) is 0 Å². The Morgan fingerprint density at radius 2 is 2.02 bits per heavy atom. The number of hydrogen-bond acceptors (Lipinski definition) is 11. The van der Waals surface area contributed by atoms with Gasteiger partial charge >= 0.3 is 16.4 Å². The van der Waals surface area contributed by atoms with Crippen molar-refractivity contribution in [2.45, 2.75) is 57.2 Å². The Morgan fingerprint density at radius 1 is 1.22 bits per heavy atom. The minimum atomic E-state index is -4.14. The fraction of sp³-hybridized carbons (Fsp3) is 0.448. The summed E-state index contributed by atoms with van der Waals surface area (Å²) in [6.45, 7) is 2.45. The topological polar surface area (TPSA) is 174 Å². The zero-order chi connectivity index (χ0) is 32.3. The van der Waals surface area contributed by atoms with Crippen LogP contribution in [-0.2, 0) is 25.6 Å². The maximum absolute atomic E-state index is 13.9. The summed E-state index contributed by atoms with van der Waals surface area (Å²) in [6, 6.07) is 6.29. The van der Waals surface area contributed by atoms with Crippen molar-refractivity contribution in [2.75, 3.05) is 25.1 Å². The van der Waals surface area contributed by atoms with E-state index in [1.165, 1.54) is 12.5 Å². The van der Waals surface area contributed by atoms with Crippen molar-refractivity contribution in [3.63, 3.8) is 0 Å². The van der Waals surface area contributed by atoms with E-state index in [0.29, 0.717) is 45.8 Å². The van der Waals surface area contributed by atoms with Gasteiger partial charge in [0.1, 0.15) is 12.1 Å². The number of nitrogens with zero attached hydrogens (tertiary/aromatic N) is 3. The first kappa shape index (κ1) is 33.5. The molecule has 1 aromatic carbocycles. The first-order chi connectivity index (χ1) is 21.4. The third-order valence-electron chi connectivity index (χ3n) is 7.93. The largest absolute Gasteiger partial charge is 0.449 e. The molecular weight excluding hydrogens is 665 g/mol. The molecule has 1 saturated carbocycles. The van der Waals surface area contributed by atoms with Crippen LogP contribution in [0.15, 0.2) is 36.8 Å². The Balaban J connectivity index is 1.40. The fourth-order valence-electron chi connectivity index (χ4n) is 5.70. The van der Waals surface area contributed by atoms with Crippen LogP contribution in [0.25, 0.3) is 0 Å². The molecule has 1 unspecified atom stereocenters. The van der Waals surface area contributed by atoms with E-state index in [1.807, 2.05) is 19.1 Å². The van der Waals surface area contributed by atoms with Gasteiger partial charge in [0.2, 0.25) is 5.78 Å². The number of nitrogens with two attached hydrogens (primary N) is 1. The second kappa shape index (κ2) is 14.3. The van der Waals surface area contributed by atoms with Crippen LogP contribution in [0.5, 0.6) is 0 Å². The predicted molar refractivity (Wildman–Crippen MR) is 170 cm³/mol. The summed E-state index contributed by atoms with van der Waals surface area (Å²) in [6.07, 6.45) is 4.25. The highest BCUT2D eigenvalue weighted by atomic mass is 35.5. The summed E-state index contributed by atoms with van der Waals surface area (Å²) in [5, 5.41) is 19.1. The van der Waals surface area contributed by atoms with Gasteiger partial charge in [0, 0.05) is 35.3 Å². The van der Waals surface area contributed by atoms with Gasteiger partial charge < -0.3 is 15.2 Å². The molecule has 2 aromatic heterocycles. The Labute approximate surface area is 275 Å². The first-order valence-corrected chi connectivity index (χ1v) is 17.5. The molecule has 45 heavy (non-hydrogen) atoms. The van der Waals surface area contributed by atoms with E-state index in [2.05, 4.69) is 19.5 Å². The van der Waals surface area contributed by atoms with Crippen LogP contribution in [0.2, 0.25) is 9.36 Å². The van der Waals surface area contributed by atoms with Gasteiger partial charge in [-0.3, -0.25) is 13.9 Å². The van der Waals surface area contributed by atoms with Crippen molar-refractivity contribution < 1.29 is 32.0 Å². The molecule has 16 heteroatoms. The summed E-state index contributed by atoms with van der Waals surface area (Å²) >= 11 is 14.3. The quantitative estimate of drug-likeness (QED) is 0.188. The van der Waals surface area contributed by atoms with Gasteiger partial charge in [-0.25, -0.2) is 19.9 Å². The summed E-state index contributed by atoms with van der Waals surface area (Å²) in [4.78, 5) is 37.4. The molecule has 5 rings (SSSR count). The number of amides is 1. The molecule has 1 aliphatic carbocycles. The molecule has 1 amide bonds. The van der Waals surface area contributed by atoms with E-state index in [-0.39, 0.29) is 36.2 Å². The van der Waals surface area contributed by atoms with Gasteiger partial charge in [-0.2, -0.15) is 8.42 Å². The zero-order valence-electron chi connectivity index (χ0n) is 24.3. The first-order valence-electron chi connectivity index (χ1n) is 14.4. The number of nitrogens with one attached hydrogen (secondary N) is 1. The smallest absolute Gasteiger partial charge is 0.410 e. The number of thiophene rings is 1. The predicted octanol–water partition coefficient (Wildman–Crippen LogP) is 4.73. The number of carbonyl (C=O) groups excluding carboxylic acids is 2. The van der Waals surface area contributed by atoms with Crippen molar-refractivity contribution in [3.05, 3.63) is 73.3 Å². The Morgan fingerprint density at radius 3 is 2.78 bits per heavy atom. The fourth-order valence-corrected chi connectivity index (χ4v) is 7.53. The van der Waals surface area contributed by atoms with Crippen molar-refractivity contribution >= 4 is 62.5 Å². The summed E-state index contributed by atoms with van der Waals surface area (Å²) in [5.41, 5.74) is 2.59. The van der Waals surface area contributed by atoms with Gasteiger partial charge in [0.15, 0.2) is 0 Å². The Bertz CT molecular complexity index is 1670. The Hall–Kier alpha value is -2.85. The van der Waals surface area contributed by atoms with Crippen LogP contribution < -0.4 is 10.5 Å². The van der Waals surface area contributed by atoms with Crippen molar-refractivity contribution in [1.29, 1.82) is 0 Å². The van der Waals surface area contributed by atoms with Gasteiger partial charge in [0.25, 0.3) is 0 Å². The molecule has 4 atom stereocenters. The second-order valence-electron chi connectivity index (χ2n) is 11.0. The van der Waals surface area contributed by atoms with Crippen LogP contribution in [0.3, 0.4) is 0 Å². The van der Waals surface area contributed by atoms with E-state index >= 15 is 0 Å². The molecule has 4 N–H and O–H groups in total. The normalized spacial score (nSPS) is 21.4. The number of unbranched alkanes of at least 4 members (excludes halogenated alkanes) is 1. The summed E-state index contributed by atoms with van der Waals surface area (Å²) < 4.78 is 33.0. The van der Waals surface area contributed by atoms with E-state index in [9.17, 15) is 23.1 Å². The molecule has 2 aliphatic rings. The Kier molecular flexibility index (Phi) is 10.6. The minimum absolute atomic E-state index is 0.184. The number of halogens is 2. The van der Waals surface area contributed by atoms with Crippen LogP contribution in [0.1, 0.15) is 70.6 Å². The lowest BCUT2D eigenvalue weighted by Crippen LogP contribution is -2.41. The molecule has 0 radical (unpaired) electrons. The highest BCUT2D eigenvalue weighted by Gasteiger charge is 2.37. The van der Waals surface area contributed by atoms with Gasteiger partial charge in [0.05, 0.1) is 40.1 Å². The number of rotatable bonds is 11. The van der Waals surface area contributed by atoms with Crippen LogP contribution in [-0.4, -0.2) is 72.2 Å². The van der Waals surface area contributed by atoms with E-state index < -0.39 is 34.5 Å². The maximum atomic E-state index is 13.9. The molecule has 1 aliphatic heterocycles. The number of carbonyl (C=O) groups is 2. The zero-order valence-corrected chi connectivity index (χ0v) is 27.5. The minimum Gasteiger partial charge on any atom is -0.449 e. The number of aromatic nitrogens is 2. The number of fused-ring (bicyclic) bond motifs is 1.